The number of amides is 2. The molecular formula is C13H13N7O3. The molecule has 0 bridgehead atoms. The lowest BCUT2D eigenvalue weighted by molar-refractivity contribution is -0.117. The van der Waals surface area contributed by atoms with Crippen molar-refractivity contribution in [2.45, 2.75) is 6.54 Å². The summed E-state index contributed by atoms with van der Waals surface area (Å²) in [6.45, 7) is -0.0934. The number of carbonyl (C=O) groups excluding carboxylic acids is 2. The standard InChI is InChI=1S/C13H13N7O3/c1-23-13(22)18-11-5-16-20(19-11)6-12(21)17-8-2-3-9-10(4-8)15-7-14-9/h2-5,7H,6H2,1H3,(H,14,15)(H,17,21)(H,18,19,22). The number of benzene rings is 1. The van der Waals surface area contributed by atoms with E-state index in [1.54, 1.807) is 24.5 Å². The van der Waals surface area contributed by atoms with Gasteiger partial charge in [0.15, 0.2) is 5.82 Å². The van der Waals surface area contributed by atoms with E-state index in [2.05, 4.69) is 35.5 Å². The van der Waals surface area contributed by atoms with Crippen LogP contribution >= 0.6 is 0 Å². The second kappa shape index (κ2) is 6.13. The largest absolute Gasteiger partial charge is 0.453 e. The maximum absolute atomic E-state index is 12.0. The topological polar surface area (TPSA) is 127 Å². The van der Waals surface area contributed by atoms with E-state index in [0.29, 0.717) is 5.69 Å². The summed E-state index contributed by atoms with van der Waals surface area (Å²) in [5.41, 5.74) is 2.27. The Hall–Kier alpha value is -3.43. The Morgan fingerprint density at radius 3 is 3.04 bits per heavy atom. The first-order valence-corrected chi connectivity index (χ1v) is 6.62. The molecule has 2 aromatic heterocycles. The summed E-state index contributed by atoms with van der Waals surface area (Å²) in [5, 5.41) is 12.9. The molecule has 10 heteroatoms. The maximum Gasteiger partial charge on any atom is 0.412 e. The SMILES string of the molecule is COC(=O)Nc1cnn(CC(=O)Nc2ccc3nc[nH]c3c2)n1. The van der Waals surface area contributed by atoms with Crippen molar-refractivity contribution in [3.63, 3.8) is 0 Å². The number of carbonyl (C=O) groups is 2. The second-order valence-corrected chi connectivity index (χ2v) is 4.56. The van der Waals surface area contributed by atoms with Gasteiger partial charge in [0.25, 0.3) is 0 Å². The van der Waals surface area contributed by atoms with E-state index in [1.807, 2.05) is 0 Å². The summed E-state index contributed by atoms with van der Waals surface area (Å²) < 4.78 is 4.44. The number of H-pyrrole nitrogens is 1. The van der Waals surface area contributed by atoms with Gasteiger partial charge < -0.3 is 15.0 Å². The summed E-state index contributed by atoms with van der Waals surface area (Å²) in [5.74, 6) is -0.104. The van der Waals surface area contributed by atoms with Crippen molar-refractivity contribution in [2.24, 2.45) is 0 Å². The molecule has 0 radical (unpaired) electrons. The number of aromatic amines is 1. The molecule has 2 heterocycles. The molecular weight excluding hydrogens is 302 g/mol. The molecule has 118 valence electrons. The van der Waals surface area contributed by atoms with Crippen LogP contribution in [-0.2, 0) is 16.1 Å². The molecule has 0 aliphatic rings. The van der Waals surface area contributed by atoms with Gasteiger partial charge >= 0.3 is 6.09 Å². The summed E-state index contributed by atoms with van der Waals surface area (Å²) >= 11 is 0. The van der Waals surface area contributed by atoms with Gasteiger partial charge in [-0.05, 0) is 18.2 Å². The van der Waals surface area contributed by atoms with Crippen molar-refractivity contribution >= 4 is 34.5 Å². The van der Waals surface area contributed by atoms with Crippen LogP contribution in [0, 0.1) is 0 Å². The van der Waals surface area contributed by atoms with E-state index in [0.717, 1.165) is 15.8 Å². The molecule has 3 N–H and O–H groups in total. The van der Waals surface area contributed by atoms with E-state index in [4.69, 9.17) is 0 Å². The van der Waals surface area contributed by atoms with Crippen molar-refractivity contribution in [1.29, 1.82) is 0 Å². The lowest BCUT2D eigenvalue weighted by atomic mass is 10.3. The van der Waals surface area contributed by atoms with Gasteiger partial charge in [0.1, 0.15) is 6.54 Å². The number of rotatable bonds is 4. The lowest BCUT2D eigenvalue weighted by Crippen LogP contribution is -2.20. The third-order valence-electron chi connectivity index (χ3n) is 2.94. The third kappa shape index (κ3) is 3.43. The summed E-state index contributed by atoms with van der Waals surface area (Å²) in [4.78, 5) is 31.3. The minimum Gasteiger partial charge on any atom is -0.453 e. The van der Waals surface area contributed by atoms with Gasteiger partial charge in [-0.3, -0.25) is 10.1 Å². The van der Waals surface area contributed by atoms with E-state index >= 15 is 0 Å². The fourth-order valence-electron chi connectivity index (χ4n) is 1.93. The molecule has 0 unspecified atom stereocenters. The van der Waals surface area contributed by atoms with Crippen molar-refractivity contribution in [3.05, 3.63) is 30.7 Å². The van der Waals surface area contributed by atoms with E-state index in [1.165, 1.54) is 13.3 Å². The lowest BCUT2D eigenvalue weighted by Gasteiger charge is -2.04. The Bertz CT molecular complexity index is 854. The van der Waals surface area contributed by atoms with Crippen molar-refractivity contribution in [1.82, 2.24) is 25.0 Å². The monoisotopic (exact) mass is 315 g/mol. The van der Waals surface area contributed by atoms with Gasteiger partial charge in [-0.15, -0.1) is 5.10 Å². The van der Waals surface area contributed by atoms with Gasteiger partial charge in [-0.1, -0.05) is 0 Å². The number of methoxy groups -OCH3 is 1. The van der Waals surface area contributed by atoms with Gasteiger partial charge in [0, 0.05) is 5.69 Å². The molecule has 0 saturated carbocycles. The predicted molar refractivity (Wildman–Crippen MR) is 80.8 cm³/mol. The zero-order valence-electron chi connectivity index (χ0n) is 12.1. The Morgan fingerprint density at radius 2 is 2.22 bits per heavy atom. The number of nitrogens with zero attached hydrogens (tertiary/aromatic N) is 4. The van der Waals surface area contributed by atoms with Crippen LogP contribution in [0.15, 0.2) is 30.7 Å². The van der Waals surface area contributed by atoms with Gasteiger partial charge in [-0.25, -0.2) is 9.78 Å². The van der Waals surface area contributed by atoms with Crippen LogP contribution < -0.4 is 10.6 Å². The molecule has 3 rings (SSSR count). The first-order chi connectivity index (χ1) is 11.1. The Balaban J connectivity index is 1.61. The molecule has 2 amide bonds. The highest BCUT2D eigenvalue weighted by atomic mass is 16.5. The van der Waals surface area contributed by atoms with Crippen LogP contribution in [-0.4, -0.2) is 44.1 Å². The third-order valence-corrected chi connectivity index (χ3v) is 2.94. The molecule has 0 saturated heterocycles. The summed E-state index contributed by atoms with van der Waals surface area (Å²) in [7, 11) is 1.24. The zero-order valence-corrected chi connectivity index (χ0v) is 12.1. The molecule has 3 aromatic rings. The smallest absolute Gasteiger partial charge is 0.412 e. The van der Waals surface area contributed by atoms with Crippen LogP contribution in [0.2, 0.25) is 0 Å². The Kier molecular flexibility index (Phi) is 3.87. The van der Waals surface area contributed by atoms with Crippen molar-refractivity contribution in [2.75, 3.05) is 17.7 Å². The van der Waals surface area contributed by atoms with E-state index < -0.39 is 6.09 Å². The van der Waals surface area contributed by atoms with Crippen molar-refractivity contribution < 1.29 is 14.3 Å². The molecule has 10 nitrogen and oxygen atoms in total. The minimum absolute atomic E-state index is 0.0934. The zero-order chi connectivity index (χ0) is 16.2. The highest BCUT2D eigenvalue weighted by molar-refractivity contribution is 5.92. The second-order valence-electron chi connectivity index (χ2n) is 4.56. The first kappa shape index (κ1) is 14.5. The average molecular weight is 315 g/mol. The van der Waals surface area contributed by atoms with E-state index in [-0.39, 0.29) is 18.3 Å². The summed E-state index contributed by atoms with van der Waals surface area (Å²) in [6.07, 6.45) is 2.25. The number of anilines is 2. The number of fused-ring (bicyclic) bond motifs is 1. The Morgan fingerprint density at radius 1 is 1.35 bits per heavy atom. The minimum atomic E-state index is -0.658. The number of imidazole rings is 1. The van der Waals surface area contributed by atoms with Crippen molar-refractivity contribution in [3.8, 4) is 0 Å². The normalized spacial score (nSPS) is 10.5. The predicted octanol–water partition coefficient (Wildman–Crippen LogP) is 0.971. The van der Waals surface area contributed by atoms with E-state index in [9.17, 15) is 9.59 Å². The Labute approximate surface area is 129 Å². The van der Waals surface area contributed by atoms with Crippen LogP contribution in [0.25, 0.3) is 11.0 Å². The molecule has 0 aliphatic heterocycles. The fourth-order valence-corrected chi connectivity index (χ4v) is 1.93. The molecule has 0 fully saturated rings. The number of aromatic nitrogens is 5. The van der Waals surface area contributed by atoms with Gasteiger partial charge in [0.05, 0.1) is 30.7 Å². The molecule has 0 atom stereocenters. The van der Waals surface area contributed by atoms with Crippen LogP contribution in [0.1, 0.15) is 0 Å². The highest BCUT2D eigenvalue weighted by Crippen LogP contribution is 2.15. The van der Waals surface area contributed by atoms with Gasteiger partial charge in [-0.2, -0.15) is 9.90 Å². The average Bonchev–Trinajstić information content (AvgIpc) is 3.15. The highest BCUT2D eigenvalue weighted by Gasteiger charge is 2.09. The number of hydrogen-bond donors (Lipinski definition) is 3. The molecule has 23 heavy (non-hydrogen) atoms. The number of ether oxygens (including phenoxy) is 1. The van der Waals surface area contributed by atoms with Gasteiger partial charge in [0.2, 0.25) is 5.91 Å². The van der Waals surface area contributed by atoms with Crippen LogP contribution in [0.5, 0.6) is 0 Å². The summed E-state index contributed by atoms with van der Waals surface area (Å²) in [6, 6.07) is 5.33. The van der Waals surface area contributed by atoms with Crippen LogP contribution in [0.4, 0.5) is 16.3 Å². The number of hydrogen-bond acceptors (Lipinski definition) is 6. The fraction of sp³-hybridized carbons (Fsp3) is 0.154. The first-order valence-electron chi connectivity index (χ1n) is 6.62. The van der Waals surface area contributed by atoms with Crippen LogP contribution in [0.3, 0.4) is 0 Å². The molecule has 1 aromatic carbocycles. The molecule has 0 aliphatic carbocycles. The number of nitrogens with one attached hydrogen (secondary N) is 3. The molecule has 0 spiro atoms. The quantitative estimate of drug-likeness (QED) is 0.658. The maximum atomic E-state index is 12.0.